The number of hydrogen-bond acceptors (Lipinski definition) is 8. The summed E-state index contributed by atoms with van der Waals surface area (Å²) in [4.78, 5) is 33.6. The first-order valence-electron chi connectivity index (χ1n) is 9.75. The molecule has 12 nitrogen and oxygen atoms in total. The van der Waals surface area contributed by atoms with Crippen molar-refractivity contribution < 1.29 is 28.8 Å². The number of nitrogens with zero attached hydrogens (tertiary/aromatic N) is 4. The summed E-state index contributed by atoms with van der Waals surface area (Å²) >= 11 is 0. The fraction of sp³-hybridized carbons (Fsp3) is 0.238. The predicted octanol–water partition coefficient (Wildman–Crippen LogP) is 3.07. The van der Waals surface area contributed by atoms with E-state index in [2.05, 4.69) is 15.6 Å². The second-order valence-corrected chi connectivity index (χ2v) is 7.07. The molecule has 12 heteroatoms. The van der Waals surface area contributed by atoms with E-state index in [4.69, 9.17) is 14.3 Å². The van der Waals surface area contributed by atoms with Gasteiger partial charge in [-0.1, -0.05) is 0 Å². The van der Waals surface area contributed by atoms with E-state index in [1.54, 1.807) is 38.1 Å². The lowest BCUT2D eigenvalue weighted by Crippen LogP contribution is -2.28. The lowest BCUT2D eigenvalue weighted by molar-refractivity contribution is -0.385. The van der Waals surface area contributed by atoms with E-state index in [0.29, 0.717) is 17.2 Å². The number of carbonyl (C=O) groups excluding carboxylic acids is 1. The van der Waals surface area contributed by atoms with Crippen LogP contribution in [0.15, 0.2) is 52.1 Å². The molecule has 0 radical (unpaired) electrons. The molecule has 33 heavy (non-hydrogen) atoms. The Morgan fingerprint density at radius 3 is 2.58 bits per heavy atom. The van der Waals surface area contributed by atoms with Crippen molar-refractivity contribution in [3.05, 3.63) is 75.5 Å². The molecule has 1 atom stereocenters. The highest BCUT2D eigenvalue weighted by molar-refractivity contribution is 5.99. The smallest absolute Gasteiger partial charge is 0.371 e. The van der Waals surface area contributed by atoms with Crippen molar-refractivity contribution in [2.24, 2.45) is 5.10 Å². The van der Waals surface area contributed by atoms with Crippen LogP contribution >= 0.6 is 0 Å². The summed E-state index contributed by atoms with van der Waals surface area (Å²) in [5.74, 6) is -0.876. The lowest BCUT2D eigenvalue weighted by Gasteiger charge is -2.10. The van der Waals surface area contributed by atoms with Crippen molar-refractivity contribution in [2.75, 3.05) is 0 Å². The molecule has 2 heterocycles. The number of rotatable bonds is 9. The summed E-state index contributed by atoms with van der Waals surface area (Å²) in [6, 6.07) is 8.98. The average molecular weight is 455 g/mol. The maximum absolute atomic E-state index is 12.4. The molecule has 0 unspecified atom stereocenters. The quantitative estimate of drug-likeness (QED) is 0.282. The van der Waals surface area contributed by atoms with E-state index in [0.717, 1.165) is 5.56 Å². The molecule has 0 bridgehead atoms. The van der Waals surface area contributed by atoms with Crippen LogP contribution in [0.1, 0.15) is 47.5 Å². The largest absolute Gasteiger partial charge is 0.486 e. The molecule has 3 rings (SSSR count). The number of aryl methyl sites for hydroxylation is 1. The first-order valence-corrected chi connectivity index (χ1v) is 9.75. The second kappa shape index (κ2) is 9.77. The average Bonchev–Trinajstić information content (AvgIpc) is 3.42. The minimum Gasteiger partial charge on any atom is -0.486 e. The van der Waals surface area contributed by atoms with Crippen LogP contribution < -0.4 is 10.2 Å². The zero-order valence-corrected chi connectivity index (χ0v) is 18.0. The van der Waals surface area contributed by atoms with Gasteiger partial charge in [-0.05, 0) is 62.7 Å². The fourth-order valence-corrected chi connectivity index (χ4v) is 2.78. The van der Waals surface area contributed by atoms with E-state index in [1.807, 2.05) is 0 Å². The van der Waals surface area contributed by atoms with Gasteiger partial charge in [0.2, 0.25) is 5.76 Å². The minimum atomic E-state index is -1.15. The highest BCUT2D eigenvalue weighted by Gasteiger charge is 2.22. The monoisotopic (exact) mass is 455 g/mol. The maximum atomic E-state index is 12.4. The van der Waals surface area contributed by atoms with Crippen molar-refractivity contribution in [3.63, 3.8) is 0 Å². The highest BCUT2D eigenvalue weighted by atomic mass is 16.6. The van der Waals surface area contributed by atoms with Crippen LogP contribution in [0.25, 0.3) is 0 Å². The van der Waals surface area contributed by atoms with Crippen LogP contribution in [0, 0.1) is 17.0 Å². The third-order valence-electron chi connectivity index (χ3n) is 4.72. The van der Waals surface area contributed by atoms with Gasteiger partial charge in [0.1, 0.15) is 36.0 Å². The molecular formula is C21H21N5O7. The topological polar surface area (TPSA) is 162 Å². The van der Waals surface area contributed by atoms with E-state index < -0.39 is 22.8 Å². The van der Waals surface area contributed by atoms with Gasteiger partial charge >= 0.3 is 11.7 Å². The number of ether oxygens (including phenoxy) is 1. The molecule has 1 aromatic carbocycles. The van der Waals surface area contributed by atoms with Crippen molar-refractivity contribution >= 4 is 23.3 Å². The van der Waals surface area contributed by atoms with Gasteiger partial charge in [-0.15, -0.1) is 0 Å². The number of benzene rings is 1. The molecule has 1 amide bonds. The number of hydrogen-bond donors (Lipinski definition) is 2. The molecule has 0 aliphatic rings. The molecule has 0 aliphatic carbocycles. The third kappa shape index (κ3) is 5.61. The van der Waals surface area contributed by atoms with Crippen molar-refractivity contribution in [3.8, 4) is 5.75 Å². The molecule has 2 aromatic heterocycles. The van der Waals surface area contributed by atoms with Crippen LogP contribution in [0.2, 0.25) is 0 Å². The molecule has 0 aliphatic heterocycles. The Hall–Kier alpha value is -4.48. The number of nitro groups is 1. The van der Waals surface area contributed by atoms with Crippen LogP contribution in [-0.4, -0.2) is 37.4 Å². The summed E-state index contributed by atoms with van der Waals surface area (Å²) in [7, 11) is 0. The van der Waals surface area contributed by atoms with Gasteiger partial charge in [0.05, 0.1) is 10.6 Å². The summed E-state index contributed by atoms with van der Waals surface area (Å²) < 4.78 is 11.9. The Labute approximate surface area is 187 Å². The van der Waals surface area contributed by atoms with Crippen LogP contribution in [0.3, 0.4) is 0 Å². The summed E-state index contributed by atoms with van der Waals surface area (Å²) in [6.45, 7) is 4.83. The van der Waals surface area contributed by atoms with Crippen LogP contribution in [0.4, 0.5) is 5.69 Å². The number of furan rings is 1. The van der Waals surface area contributed by atoms with E-state index >= 15 is 0 Å². The highest BCUT2D eigenvalue weighted by Crippen LogP contribution is 2.19. The Morgan fingerprint density at radius 1 is 1.30 bits per heavy atom. The molecule has 0 spiro atoms. The van der Waals surface area contributed by atoms with Gasteiger partial charge < -0.3 is 14.3 Å². The van der Waals surface area contributed by atoms with Crippen molar-refractivity contribution in [1.29, 1.82) is 0 Å². The van der Waals surface area contributed by atoms with E-state index in [-0.39, 0.29) is 23.7 Å². The summed E-state index contributed by atoms with van der Waals surface area (Å²) in [5.41, 5.74) is 3.75. The Kier molecular flexibility index (Phi) is 6.86. The number of aromatic carboxylic acids is 1. The zero-order chi connectivity index (χ0) is 24.1. The van der Waals surface area contributed by atoms with Gasteiger partial charge in [-0.3, -0.25) is 19.6 Å². The normalized spacial score (nSPS) is 12.3. The van der Waals surface area contributed by atoms with Gasteiger partial charge in [-0.25, -0.2) is 10.2 Å². The molecular weight excluding hydrogens is 434 g/mol. The molecule has 3 aromatic rings. The number of aromatic nitrogens is 2. The SMILES string of the molecule is C/C(=N\NC(=O)[C@@H](C)n1cc([N+](=O)[O-])c(C)n1)c1ccc(OCc2ccc(C(=O)O)o2)cc1. The van der Waals surface area contributed by atoms with E-state index in [1.165, 1.54) is 29.9 Å². The standard InChI is InChI=1S/C21H21N5O7/c1-12(22-23-20(27)14(3)25-10-18(26(30)31)13(2)24-25)15-4-6-16(7-5-15)32-11-17-8-9-19(33-17)21(28)29/h4-10,14H,11H2,1-3H3,(H,23,27)(H,28,29)/b22-12+/t14-/m1/s1. The van der Waals surface area contributed by atoms with Gasteiger partial charge in [0.25, 0.3) is 5.91 Å². The first kappa shape index (κ1) is 23.2. The lowest BCUT2D eigenvalue weighted by atomic mass is 10.1. The van der Waals surface area contributed by atoms with Gasteiger partial charge in [-0.2, -0.15) is 10.2 Å². The minimum absolute atomic E-state index is 0.0682. The number of amides is 1. The number of hydrazone groups is 1. The summed E-state index contributed by atoms with van der Waals surface area (Å²) in [5, 5.41) is 27.9. The summed E-state index contributed by atoms with van der Waals surface area (Å²) in [6.07, 6.45) is 1.21. The zero-order valence-electron chi connectivity index (χ0n) is 18.0. The van der Waals surface area contributed by atoms with Crippen molar-refractivity contribution in [2.45, 2.75) is 33.4 Å². The van der Waals surface area contributed by atoms with E-state index in [9.17, 15) is 19.7 Å². The molecule has 2 N–H and O–H groups in total. The van der Waals surface area contributed by atoms with Crippen molar-refractivity contribution in [1.82, 2.24) is 15.2 Å². The molecule has 0 fully saturated rings. The van der Waals surface area contributed by atoms with Crippen LogP contribution in [0.5, 0.6) is 5.75 Å². The fourth-order valence-electron chi connectivity index (χ4n) is 2.78. The molecule has 0 saturated carbocycles. The Balaban J connectivity index is 1.57. The first-order chi connectivity index (χ1) is 15.7. The number of nitrogens with one attached hydrogen (secondary N) is 1. The Morgan fingerprint density at radius 2 is 2.00 bits per heavy atom. The number of carboxylic acid groups (broad SMARTS) is 1. The third-order valence-corrected chi connectivity index (χ3v) is 4.72. The van der Waals surface area contributed by atoms with Crippen LogP contribution in [-0.2, 0) is 11.4 Å². The molecule has 172 valence electrons. The Bertz CT molecular complexity index is 1210. The maximum Gasteiger partial charge on any atom is 0.371 e. The van der Waals surface area contributed by atoms with Gasteiger partial charge in [0, 0.05) is 0 Å². The predicted molar refractivity (Wildman–Crippen MR) is 115 cm³/mol. The number of carboxylic acids is 1. The van der Waals surface area contributed by atoms with Gasteiger partial charge in [0.15, 0.2) is 0 Å². The second-order valence-electron chi connectivity index (χ2n) is 7.07. The number of carbonyl (C=O) groups is 2. The molecule has 0 saturated heterocycles.